The normalized spacial score (nSPS) is 24.6. The molecule has 4 heterocycles. The minimum atomic E-state index is 0.350. The number of aryl methyl sites for hydroxylation is 1. The summed E-state index contributed by atoms with van der Waals surface area (Å²) in [5, 5.41) is 3.24. The summed E-state index contributed by atoms with van der Waals surface area (Å²) in [6, 6.07) is 13.7. The van der Waals surface area contributed by atoms with Crippen LogP contribution in [0.3, 0.4) is 0 Å². The van der Waals surface area contributed by atoms with Gasteiger partial charge < -0.3 is 5.32 Å². The van der Waals surface area contributed by atoms with Crippen LogP contribution in [-0.4, -0.2) is 22.7 Å². The summed E-state index contributed by atoms with van der Waals surface area (Å²) in [7, 11) is 0.895. The van der Waals surface area contributed by atoms with Gasteiger partial charge in [0.15, 0.2) is 0 Å². The van der Waals surface area contributed by atoms with Gasteiger partial charge in [0.05, 0.1) is 0 Å². The number of hydrogen-bond donors (Lipinski definition) is 1. The van der Waals surface area contributed by atoms with E-state index in [1.807, 2.05) is 31.0 Å². The molecule has 1 fully saturated rings. The quantitative estimate of drug-likeness (QED) is 0.306. The van der Waals surface area contributed by atoms with Crippen molar-refractivity contribution in [3.8, 4) is 0 Å². The van der Waals surface area contributed by atoms with Gasteiger partial charge in [0.2, 0.25) is 0 Å². The summed E-state index contributed by atoms with van der Waals surface area (Å²) in [6.07, 6.45) is 29.0. The van der Waals surface area contributed by atoms with Gasteiger partial charge in [-0.2, -0.15) is 0 Å². The maximum atomic E-state index is 4.32. The Morgan fingerprint density at radius 1 is 0.775 bits per heavy atom. The predicted molar refractivity (Wildman–Crippen MR) is 171 cm³/mol. The fourth-order valence-corrected chi connectivity index (χ4v) is 7.27. The molecule has 4 heteroatoms. The van der Waals surface area contributed by atoms with Crippen molar-refractivity contribution in [2.45, 2.75) is 31.6 Å². The first-order chi connectivity index (χ1) is 19.7. The summed E-state index contributed by atoms with van der Waals surface area (Å²) in [4.78, 5) is 8.65. The maximum Gasteiger partial charge on any atom is 0.0334 e. The van der Waals surface area contributed by atoms with Crippen LogP contribution in [0.2, 0.25) is 0 Å². The van der Waals surface area contributed by atoms with E-state index in [1.54, 1.807) is 0 Å². The largest absolute Gasteiger partial charge is 0.387 e. The molecule has 0 spiro atoms. The lowest BCUT2D eigenvalue weighted by atomic mass is 9.51. The molecule has 3 nitrogen and oxygen atoms in total. The van der Waals surface area contributed by atoms with Crippen molar-refractivity contribution in [1.29, 1.82) is 0 Å². The SMILES string of the molecule is Cc1cc(/C=C/C2=CCPC=C2)c(C2C(c3ccncc3)C(C)C2c2ccncc2)cc1/C=C/C1=CCNC=C1. The van der Waals surface area contributed by atoms with E-state index in [1.165, 1.54) is 44.5 Å². The van der Waals surface area contributed by atoms with Crippen LogP contribution in [0.1, 0.15) is 58.1 Å². The van der Waals surface area contributed by atoms with Gasteiger partial charge >= 0.3 is 0 Å². The van der Waals surface area contributed by atoms with E-state index < -0.39 is 0 Å². The number of aromatic nitrogens is 2. The Morgan fingerprint density at radius 3 is 2.02 bits per heavy atom. The minimum absolute atomic E-state index is 0.350. The molecule has 1 N–H and O–H groups in total. The zero-order valence-corrected chi connectivity index (χ0v) is 24.2. The second kappa shape index (κ2) is 12.1. The van der Waals surface area contributed by atoms with E-state index >= 15 is 0 Å². The van der Waals surface area contributed by atoms with Crippen LogP contribution in [0.15, 0.2) is 121 Å². The Kier molecular flexibility index (Phi) is 8.02. The molecule has 0 radical (unpaired) electrons. The van der Waals surface area contributed by atoms with Crippen LogP contribution in [0.4, 0.5) is 0 Å². The van der Waals surface area contributed by atoms with E-state index in [9.17, 15) is 0 Å². The summed E-state index contributed by atoms with van der Waals surface area (Å²) in [6.45, 7) is 5.51. The highest BCUT2D eigenvalue weighted by molar-refractivity contribution is 7.42. The molecule has 0 bridgehead atoms. The van der Waals surface area contributed by atoms with Crippen molar-refractivity contribution in [3.05, 3.63) is 154 Å². The van der Waals surface area contributed by atoms with E-state index in [4.69, 9.17) is 0 Å². The van der Waals surface area contributed by atoms with Gasteiger partial charge in [-0.05, 0) is 118 Å². The molecule has 1 aliphatic carbocycles. The van der Waals surface area contributed by atoms with Gasteiger partial charge in [0, 0.05) is 31.3 Å². The van der Waals surface area contributed by atoms with E-state index in [0.29, 0.717) is 23.7 Å². The number of benzene rings is 1. The molecule has 2 aliphatic heterocycles. The average molecular weight is 542 g/mol. The highest BCUT2D eigenvalue weighted by Gasteiger charge is 2.50. The van der Waals surface area contributed by atoms with E-state index in [-0.39, 0.29) is 0 Å². The molecule has 40 heavy (non-hydrogen) atoms. The van der Waals surface area contributed by atoms with Gasteiger partial charge in [-0.15, -0.1) is 0 Å². The molecule has 3 aliphatic rings. The number of pyridine rings is 2. The Hall–Kier alpha value is -3.81. The number of allylic oxidation sites excluding steroid dienone is 7. The number of dihydropyridines is 1. The maximum absolute atomic E-state index is 4.32. The second-order valence-corrected chi connectivity index (χ2v) is 12.0. The molecule has 2 aromatic heterocycles. The first kappa shape index (κ1) is 26.4. The zero-order chi connectivity index (χ0) is 27.3. The summed E-state index contributed by atoms with van der Waals surface area (Å²) in [5.41, 5.74) is 10.6. The van der Waals surface area contributed by atoms with Crippen LogP contribution >= 0.6 is 8.58 Å². The van der Waals surface area contributed by atoms with Gasteiger partial charge in [-0.3, -0.25) is 9.97 Å². The van der Waals surface area contributed by atoms with Crippen LogP contribution in [0.25, 0.3) is 12.2 Å². The molecule has 1 saturated carbocycles. The third-order valence-electron chi connectivity index (χ3n) is 8.53. The Morgan fingerprint density at radius 2 is 1.43 bits per heavy atom. The second-order valence-electron chi connectivity index (χ2n) is 10.9. The third-order valence-corrected chi connectivity index (χ3v) is 9.37. The molecule has 0 amide bonds. The molecule has 1 aromatic carbocycles. The lowest BCUT2D eigenvalue weighted by molar-refractivity contribution is 0.174. The average Bonchev–Trinajstić information content (AvgIpc) is 3.00. The minimum Gasteiger partial charge on any atom is -0.387 e. The van der Waals surface area contributed by atoms with Crippen molar-refractivity contribution in [3.63, 3.8) is 0 Å². The number of nitrogens with one attached hydrogen (secondary N) is 1. The standard InChI is InChI=1S/C36H36N3P/c1-25-23-32(6-4-28-13-21-40-22-14-28)33(24-31(25)5-3-27-7-15-37-16-8-27)36-34(29-9-17-38-18-10-29)26(2)35(36)30-11-19-39-20-12-30/h3-15,17-21,23-24,26,34-37,40H,16,22H2,1-2H3/b5-3+,6-4+. The van der Waals surface area contributed by atoms with E-state index in [2.05, 4.69) is 120 Å². The summed E-state index contributed by atoms with van der Waals surface area (Å²) < 4.78 is 0. The van der Waals surface area contributed by atoms with Crippen molar-refractivity contribution in [1.82, 2.24) is 15.3 Å². The van der Waals surface area contributed by atoms with Crippen molar-refractivity contribution < 1.29 is 0 Å². The van der Waals surface area contributed by atoms with Gasteiger partial charge in [-0.1, -0.05) is 76.0 Å². The number of hydrogen-bond acceptors (Lipinski definition) is 3. The Balaban J connectivity index is 1.47. The van der Waals surface area contributed by atoms with Crippen molar-refractivity contribution in [2.75, 3.05) is 12.7 Å². The van der Waals surface area contributed by atoms with E-state index in [0.717, 1.165) is 21.3 Å². The molecular weight excluding hydrogens is 505 g/mol. The van der Waals surface area contributed by atoms with Crippen molar-refractivity contribution >= 4 is 20.7 Å². The monoisotopic (exact) mass is 541 g/mol. The summed E-state index contributed by atoms with van der Waals surface area (Å²) >= 11 is 0. The molecule has 3 aromatic rings. The van der Waals surface area contributed by atoms with Gasteiger partial charge in [-0.25, -0.2) is 0 Å². The highest BCUT2D eigenvalue weighted by atomic mass is 31.1. The van der Waals surface area contributed by atoms with Gasteiger partial charge in [0.1, 0.15) is 0 Å². The number of rotatable bonds is 7. The summed E-state index contributed by atoms with van der Waals surface area (Å²) in [5.74, 6) is 3.98. The molecule has 3 unspecified atom stereocenters. The predicted octanol–water partition coefficient (Wildman–Crippen LogP) is 8.29. The molecule has 200 valence electrons. The Bertz CT molecular complexity index is 1480. The lowest BCUT2D eigenvalue weighted by Gasteiger charge is -2.52. The van der Waals surface area contributed by atoms with Crippen LogP contribution in [-0.2, 0) is 0 Å². The lowest BCUT2D eigenvalue weighted by Crippen LogP contribution is -2.40. The number of nitrogens with zero attached hydrogens (tertiary/aromatic N) is 2. The smallest absolute Gasteiger partial charge is 0.0334 e. The zero-order valence-electron chi connectivity index (χ0n) is 23.2. The van der Waals surface area contributed by atoms with Gasteiger partial charge in [0.25, 0.3) is 0 Å². The topological polar surface area (TPSA) is 37.8 Å². The first-order valence-corrected chi connectivity index (χ1v) is 15.5. The van der Waals surface area contributed by atoms with Crippen LogP contribution < -0.4 is 5.32 Å². The fraction of sp³-hybridized carbons (Fsp3) is 0.222. The van der Waals surface area contributed by atoms with Crippen molar-refractivity contribution in [2.24, 2.45) is 5.92 Å². The highest BCUT2D eigenvalue weighted by Crippen LogP contribution is 2.62. The molecular formula is C36H36N3P. The molecule has 6 rings (SSSR count). The van der Waals surface area contributed by atoms with Crippen LogP contribution in [0.5, 0.6) is 0 Å². The first-order valence-electron chi connectivity index (χ1n) is 14.2. The molecule has 3 atom stereocenters. The van der Waals surface area contributed by atoms with Crippen LogP contribution in [0, 0.1) is 12.8 Å². The third kappa shape index (κ3) is 5.58. The Labute approximate surface area is 240 Å². The molecule has 0 saturated heterocycles. The fourth-order valence-electron chi connectivity index (χ4n) is 6.47.